The van der Waals surface area contributed by atoms with Gasteiger partial charge < -0.3 is 19.4 Å². The molecule has 2 aliphatic rings. The topological polar surface area (TPSA) is 87.0 Å². The smallest absolute Gasteiger partial charge is 0.423 e. The largest absolute Gasteiger partial charge is 0.469 e. The number of nitrogens with one attached hydrogen (secondary N) is 1. The molecule has 0 aromatic carbocycles. The van der Waals surface area contributed by atoms with E-state index in [4.69, 9.17) is 9.47 Å². The normalized spacial score (nSPS) is 22.6. The summed E-state index contributed by atoms with van der Waals surface area (Å²) in [4.78, 5) is 7.94. The van der Waals surface area contributed by atoms with Gasteiger partial charge in [-0.05, 0) is 33.1 Å². The predicted octanol–water partition coefficient (Wildman–Crippen LogP) is 3.33. The summed E-state index contributed by atoms with van der Waals surface area (Å²) in [6.07, 6.45) is -0.585. The molecule has 1 N–H and O–H groups in total. The zero-order chi connectivity index (χ0) is 21.3. The van der Waals surface area contributed by atoms with E-state index >= 15 is 0 Å². The van der Waals surface area contributed by atoms with E-state index in [-0.39, 0.29) is 31.1 Å². The lowest BCUT2D eigenvalue weighted by atomic mass is 9.85. The van der Waals surface area contributed by atoms with Crippen molar-refractivity contribution in [2.75, 3.05) is 18.5 Å². The summed E-state index contributed by atoms with van der Waals surface area (Å²) in [6, 6.07) is 0.0303. The number of aryl methyl sites for hydroxylation is 1. The minimum atomic E-state index is -4.59. The molecule has 164 valence electrons. The summed E-state index contributed by atoms with van der Waals surface area (Å²) >= 11 is 0. The standard InChI is InChI=1S/C19H25F3N6O2/c1-3-28-11(2)26-27-16(28)12-5-4-6-13(7-12)24-18-23-8-15(19(20,21)22)17(25-18)30-14-9-29-10-14/h8,12-14H,3-7,9-10H2,1-2H3,(H,23,24,25)/t12-,13+/m0/s1. The third-order valence-electron chi connectivity index (χ3n) is 5.60. The van der Waals surface area contributed by atoms with Gasteiger partial charge in [0.15, 0.2) is 0 Å². The summed E-state index contributed by atoms with van der Waals surface area (Å²) in [7, 11) is 0. The van der Waals surface area contributed by atoms with Crippen LogP contribution in [0.4, 0.5) is 19.1 Å². The molecule has 8 nitrogen and oxygen atoms in total. The zero-order valence-corrected chi connectivity index (χ0v) is 16.9. The number of ether oxygens (including phenoxy) is 2. The van der Waals surface area contributed by atoms with Gasteiger partial charge in [0.05, 0.1) is 13.2 Å². The van der Waals surface area contributed by atoms with Crippen molar-refractivity contribution in [2.45, 2.75) is 70.3 Å². The van der Waals surface area contributed by atoms with E-state index in [2.05, 4.69) is 37.0 Å². The Balaban J connectivity index is 1.49. The zero-order valence-electron chi connectivity index (χ0n) is 16.9. The van der Waals surface area contributed by atoms with Gasteiger partial charge in [-0.25, -0.2) is 4.98 Å². The van der Waals surface area contributed by atoms with Gasteiger partial charge in [-0.3, -0.25) is 0 Å². The molecule has 11 heteroatoms. The molecule has 3 heterocycles. The number of hydrogen-bond donors (Lipinski definition) is 1. The van der Waals surface area contributed by atoms with Gasteiger partial charge >= 0.3 is 6.18 Å². The molecule has 4 rings (SSSR count). The van der Waals surface area contributed by atoms with E-state index in [9.17, 15) is 13.2 Å². The van der Waals surface area contributed by atoms with Gasteiger partial charge in [0.2, 0.25) is 11.8 Å². The minimum absolute atomic E-state index is 0.0303. The Hall–Kier alpha value is -2.43. The number of alkyl halides is 3. The first-order valence-corrected chi connectivity index (χ1v) is 10.2. The van der Waals surface area contributed by atoms with Crippen LogP contribution in [0.15, 0.2) is 6.20 Å². The number of aromatic nitrogens is 5. The molecule has 1 aliphatic heterocycles. The fourth-order valence-electron chi connectivity index (χ4n) is 3.99. The van der Waals surface area contributed by atoms with E-state index in [1.807, 2.05) is 6.92 Å². The van der Waals surface area contributed by atoms with Crippen LogP contribution in [0.3, 0.4) is 0 Å². The van der Waals surface area contributed by atoms with Crippen molar-refractivity contribution in [1.82, 2.24) is 24.7 Å². The van der Waals surface area contributed by atoms with Crippen molar-refractivity contribution >= 4 is 5.95 Å². The number of hydrogen-bond acceptors (Lipinski definition) is 7. The van der Waals surface area contributed by atoms with Crippen LogP contribution in [0.5, 0.6) is 5.88 Å². The second kappa shape index (κ2) is 8.37. The van der Waals surface area contributed by atoms with Gasteiger partial charge in [0.25, 0.3) is 0 Å². The summed E-state index contributed by atoms with van der Waals surface area (Å²) in [5.41, 5.74) is -0.979. The Kier molecular flexibility index (Phi) is 5.81. The van der Waals surface area contributed by atoms with Crippen LogP contribution in [0.2, 0.25) is 0 Å². The lowest BCUT2D eigenvalue weighted by molar-refractivity contribution is -0.142. The van der Waals surface area contributed by atoms with E-state index < -0.39 is 23.7 Å². The number of anilines is 1. The first-order valence-electron chi connectivity index (χ1n) is 10.2. The first-order chi connectivity index (χ1) is 14.3. The second-order valence-corrected chi connectivity index (χ2v) is 7.74. The fourth-order valence-corrected chi connectivity index (χ4v) is 3.99. The van der Waals surface area contributed by atoms with Crippen molar-refractivity contribution < 1.29 is 22.6 Å². The van der Waals surface area contributed by atoms with Gasteiger partial charge in [-0.2, -0.15) is 18.2 Å². The molecule has 0 spiro atoms. The Labute approximate surface area is 172 Å². The van der Waals surface area contributed by atoms with Gasteiger partial charge in [-0.15, -0.1) is 10.2 Å². The molecule has 2 atom stereocenters. The van der Waals surface area contributed by atoms with Crippen LogP contribution in [0.1, 0.15) is 55.7 Å². The monoisotopic (exact) mass is 426 g/mol. The highest BCUT2D eigenvalue weighted by atomic mass is 19.4. The number of rotatable bonds is 6. The Morgan fingerprint density at radius 2 is 2.07 bits per heavy atom. The van der Waals surface area contributed by atoms with Crippen molar-refractivity contribution in [2.24, 2.45) is 0 Å². The molecule has 2 aromatic heterocycles. The molecule has 1 saturated carbocycles. The van der Waals surface area contributed by atoms with E-state index in [0.717, 1.165) is 50.1 Å². The van der Waals surface area contributed by atoms with Crippen molar-refractivity contribution in [3.8, 4) is 5.88 Å². The molecule has 1 aliphatic carbocycles. The van der Waals surface area contributed by atoms with E-state index in [1.54, 1.807) is 0 Å². The average molecular weight is 426 g/mol. The second-order valence-electron chi connectivity index (χ2n) is 7.74. The van der Waals surface area contributed by atoms with Crippen LogP contribution < -0.4 is 10.1 Å². The van der Waals surface area contributed by atoms with Gasteiger partial charge in [0, 0.05) is 24.7 Å². The van der Waals surface area contributed by atoms with E-state index in [0.29, 0.717) is 0 Å². The fraction of sp³-hybridized carbons (Fsp3) is 0.684. The summed E-state index contributed by atoms with van der Waals surface area (Å²) in [6.45, 7) is 5.31. The molecule has 30 heavy (non-hydrogen) atoms. The maximum Gasteiger partial charge on any atom is 0.423 e. The number of halogens is 3. The summed E-state index contributed by atoms with van der Waals surface area (Å²) < 4.78 is 52.4. The molecule has 2 aromatic rings. The maximum atomic E-state index is 13.3. The summed E-state index contributed by atoms with van der Waals surface area (Å²) in [5.74, 6) is 1.76. The molecule has 0 unspecified atom stereocenters. The molecular weight excluding hydrogens is 401 g/mol. The quantitative estimate of drug-likeness (QED) is 0.758. The molecule has 1 saturated heterocycles. The van der Waals surface area contributed by atoms with Crippen molar-refractivity contribution in [1.29, 1.82) is 0 Å². The van der Waals surface area contributed by atoms with Crippen LogP contribution in [0, 0.1) is 6.92 Å². The van der Waals surface area contributed by atoms with Crippen LogP contribution >= 0.6 is 0 Å². The number of nitrogens with zero attached hydrogens (tertiary/aromatic N) is 5. The predicted molar refractivity (Wildman–Crippen MR) is 101 cm³/mol. The SMILES string of the molecule is CCn1c(C)nnc1[C@H]1CCC[C@@H](Nc2ncc(C(F)(F)F)c(OC3COC3)n2)C1. The third-order valence-corrected chi connectivity index (χ3v) is 5.60. The lowest BCUT2D eigenvalue weighted by Gasteiger charge is -2.30. The molecule has 0 bridgehead atoms. The Bertz CT molecular complexity index is 884. The van der Waals surface area contributed by atoms with Crippen LogP contribution in [-0.4, -0.2) is 50.1 Å². The van der Waals surface area contributed by atoms with Crippen LogP contribution in [0.25, 0.3) is 0 Å². The highest BCUT2D eigenvalue weighted by Gasteiger charge is 2.38. The molecule has 0 amide bonds. The molecular formula is C19H25F3N6O2. The highest BCUT2D eigenvalue weighted by Crippen LogP contribution is 2.37. The van der Waals surface area contributed by atoms with Gasteiger partial charge in [-0.1, -0.05) is 6.42 Å². The molecule has 0 radical (unpaired) electrons. The van der Waals surface area contributed by atoms with Gasteiger partial charge in [0.1, 0.15) is 23.3 Å². The third kappa shape index (κ3) is 4.35. The maximum absolute atomic E-state index is 13.3. The molecule has 2 fully saturated rings. The Morgan fingerprint density at radius 3 is 2.73 bits per heavy atom. The highest BCUT2D eigenvalue weighted by molar-refractivity contribution is 5.36. The Morgan fingerprint density at radius 1 is 1.27 bits per heavy atom. The van der Waals surface area contributed by atoms with E-state index in [1.165, 1.54) is 0 Å². The summed E-state index contributed by atoms with van der Waals surface area (Å²) in [5, 5.41) is 11.7. The first kappa shape index (κ1) is 20.8. The van der Waals surface area contributed by atoms with Crippen molar-refractivity contribution in [3.63, 3.8) is 0 Å². The minimum Gasteiger partial charge on any atom is -0.469 e. The average Bonchev–Trinajstić information content (AvgIpc) is 3.05. The van der Waals surface area contributed by atoms with Crippen molar-refractivity contribution in [3.05, 3.63) is 23.4 Å². The lowest BCUT2D eigenvalue weighted by Crippen LogP contribution is -2.39. The van der Waals surface area contributed by atoms with Crippen LogP contribution in [-0.2, 0) is 17.5 Å².